The van der Waals surface area contributed by atoms with Crippen LogP contribution in [0.15, 0.2) is 11.6 Å². The Balaban J connectivity index is 2.36. The molecule has 0 bridgehead atoms. The number of fused-ring (bicyclic) bond motifs is 1. The fraction of sp³-hybridized carbons (Fsp3) is 0.688. The maximum atomic E-state index is 12.4. The molecule has 0 N–H and O–H groups in total. The zero-order chi connectivity index (χ0) is 15.8. The zero-order valence-electron chi connectivity index (χ0n) is 13.1. The van der Waals surface area contributed by atoms with Crippen molar-refractivity contribution in [2.24, 2.45) is 16.7 Å². The van der Waals surface area contributed by atoms with Crippen molar-refractivity contribution in [2.75, 3.05) is 26.8 Å². The molecular weight excluding hydrogens is 268 g/mol. The number of hydrogen-bond donors (Lipinski definition) is 0. The van der Waals surface area contributed by atoms with Crippen LogP contribution in [-0.4, -0.2) is 43.4 Å². The number of nitrogens with zero attached hydrogens (tertiary/aromatic N) is 2. The van der Waals surface area contributed by atoms with Gasteiger partial charge in [-0.25, -0.2) is 0 Å². The number of Topliss-reactive ketones (excluding diaryl/α,β-unsaturated/α-hetero) is 1. The van der Waals surface area contributed by atoms with Crippen LogP contribution in [0, 0.1) is 28.1 Å². The number of carbonyl (C=O) groups is 2. The van der Waals surface area contributed by atoms with Crippen molar-refractivity contribution in [2.45, 2.75) is 27.2 Å². The maximum Gasteiger partial charge on any atom is 0.248 e. The number of nitriles is 1. The SMILES string of the molecule is COCC(=O)N1CC[C@H]2C(C)(C)C(=O)C(C#N)=C[C@]2(C)C1. The molecule has 1 aliphatic heterocycles. The zero-order valence-corrected chi connectivity index (χ0v) is 13.1. The van der Waals surface area contributed by atoms with E-state index in [1.165, 1.54) is 7.11 Å². The van der Waals surface area contributed by atoms with Gasteiger partial charge in [0.05, 0.1) is 5.57 Å². The summed E-state index contributed by atoms with van der Waals surface area (Å²) in [5.74, 6) is 0.0177. The monoisotopic (exact) mass is 290 g/mol. The van der Waals surface area contributed by atoms with Crippen LogP contribution in [0.4, 0.5) is 0 Å². The number of rotatable bonds is 2. The third kappa shape index (κ3) is 2.49. The number of amides is 1. The van der Waals surface area contributed by atoms with Gasteiger partial charge in [-0.2, -0.15) is 5.26 Å². The van der Waals surface area contributed by atoms with E-state index in [0.717, 1.165) is 6.42 Å². The highest BCUT2D eigenvalue weighted by atomic mass is 16.5. The molecule has 1 saturated heterocycles. The van der Waals surface area contributed by atoms with E-state index in [9.17, 15) is 14.9 Å². The van der Waals surface area contributed by atoms with Gasteiger partial charge in [-0.05, 0) is 12.3 Å². The molecule has 1 heterocycles. The summed E-state index contributed by atoms with van der Waals surface area (Å²) in [6.45, 7) is 7.09. The first-order chi connectivity index (χ1) is 9.76. The molecule has 0 saturated carbocycles. The summed E-state index contributed by atoms with van der Waals surface area (Å²) in [5.41, 5.74) is -0.686. The summed E-state index contributed by atoms with van der Waals surface area (Å²) >= 11 is 0. The summed E-state index contributed by atoms with van der Waals surface area (Å²) < 4.78 is 4.91. The highest BCUT2D eigenvalue weighted by molar-refractivity contribution is 6.04. The van der Waals surface area contributed by atoms with Crippen molar-refractivity contribution in [3.05, 3.63) is 11.6 Å². The van der Waals surface area contributed by atoms with Crippen LogP contribution in [0.3, 0.4) is 0 Å². The van der Waals surface area contributed by atoms with E-state index in [1.54, 1.807) is 11.0 Å². The van der Waals surface area contributed by atoms with Crippen molar-refractivity contribution in [1.29, 1.82) is 5.26 Å². The molecule has 2 atom stereocenters. The molecule has 0 aromatic carbocycles. The van der Waals surface area contributed by atoms with Crippen molar-refractivity contribution < 1.29 is 14.3 Å². The van der Waals surface area contributed by atoms with Crippen LogP contribution in [0.2, 0.25) is 0 Å². The Morgan fingerprint density at radius 3 is 2.76 bits per heavy atom. The van der Waals surface area contributed by atoms with Gasteiger partial charge >= 0.3 is 0 Å². The fourth-order valence-corrected chi connectivity index (χ4v) is 3.96. The van der Waals surface area contributed by atoms with Gasteiger partial charge in [0.25, 0.3) is 0 Å². The van der Waals surface area contributed by atoms with Gasteiger partial charge in [0.1, 0.15) is 12.7 Å². The third-order valence-corrected chi connectivity index (χ3v) is 4.93. The largest absolute Gasteiger partial charge is 0.375 e. The lowest BCUT2D eigenvalue weighted by Gasteiger charge is -2.52. The number of hydrogen-bond acceptors (Lipinski definition) is 4. The minimum absolute atomic E-state index is 0.0428. The molecule has 0 spiro atoms. The molecule has 1 aliphatic carbocycles. The summed E-state index contributed by atoms with van der Waals surface area (Å²) in [6.07, 6.45) is 2.54. The van der Waals surface area contributed by atoms with Crippen molar-refractivity contribution >= 4 is 11.7 Å². The van der Waals surface area contributed by atoms with E-state index < -0.39 is 5.41 Å². The molecule has 0 unspecified atom stereocenters. The summed E-state index contributed by atoms with van der Waals surface area (Å²) in [4.78, 5) is 26.2. The molecule has 2 aliphatic rings. The number of methoxy groups -OCH3 is 1. The van der Waals surface area contributed by atoms with Gasteiger partial charge in [0.15, 0.2) is 5.78 Å². The number of ether oxygens (including phenoxy) is 1. The second-order valence-electron chi connectivity index (χ2n) is 6.82. The molecule has 1 amide bonds. The van der Waals surface area contributed by atoms with Gasteiger partial charge in [0.2, 0.25) is 5.91 Å². The molecule has 5 nitrogen and oxygen atoms in total. The fourth-order valence-electron chi connectivity index (χ4n) is 3.96. The van der Waals surface area contributed by atoms with Crippen LogP contribution >= 0.6 is 0 Å². The van der Waals surface area contributed by atoms with Crippen LogP contribution in [0.25, 0.3) is 0 Å². The standard InChI is InChI=1S/C16H22N2O3/c1-15(2)12-5-6-18(13(19)9-21-4)10-16(12,3)7-11(8-17)14(15)20/h7,12H,5-6,9-10H2,1-4H3/t12-,16+/m0/s1. The molecule has 0 radical (unpaired) electrons. The first kappa shape index (κ1) is 15.7. The summed E-state index contributed by atoms with van der Waals surface area (Å²) in [6, 6.07) is 2.02. The molecule has 0 aromatic heterocycles. The summed E-state index contributed by atoms with van der Waals surface area (Å²) in [7, 11) is 1.50. The second-order valence-corrected chi connectivity index (χ2v) is 6.82. The average molecular weight is 290 g/mol. The topological polar surface area (TPSA) is 70.4 Å². The minimum atomic E-state index is -0.565. The van der Waals surface area contributed by atoms with Crippen LogP contribution in [-0.2, 0) is 14.3 Å². The van der Waals surface area contributed by atoms with Crippen molar-refractivity contribution in [3.63, 3.8) is 0 Å². The molecule has 2 rings (SSSR count). The average Bonchev–Trinajstić information content (AvgIpc) is 2.42. The lowest BCUT2D eigenvalue weighted by molar-refractivity contribution is -0.143. The maximum absolute atomic E-state index is 12.4. The van der Waals surface area contributed by atoms with Gasteiger partial charge in [0, 0.05) is 31.0 Å². The van der Waals surface area contributed by atoms with Gasteiger partial charge in [-0.1, -0.05) is 26.8 Å². The Kier molecular flexibility index (Phi) is 3.94. The highest BCUT2D eigenvalue weighted by Gasteiger charge is 2.53. The van der Waals surface area contributed by atoms with Gasteiger partial charge < -0.3 is 9.64 Å². The second kappa shape index (κ2) is 5.27. The van der Waals surface area contributed by atoms with E-state index in [0.29, 0.717) is 13.1 Å². The van der Waals surface area contributed by atoms with E-state index in [-0.39, 0.29) is 35.2 Å². The number of likely N-dealkylation sites (tertiary alicyclic amines) is 1. The molecule has 1 fully saturated rings. The van der Waals surface area contributed by atoms with Crippen molar-refractivity contribution in [1.82, 2.24) is 4.90 Å². The Labute approximate surface area is 125 Å². The Morgan fingerprint density at radius 2 is 2.19 bits per heavy atom. The number of carbonyl (C=O) groups excluding carboxylic acids is 2. The Hall–Kier alpha value is -1.67. The lowest BCUT2D eigenvalue weighted by Crippen LogP contribution is -2.57. The van der Waals surface area contributed by atoms with Crippen molar-refractivity contribution in [3.8, 4) is 6.07 Å². The van der Waals surface area contributed by atoms with Crippen LogP contribution in [0.5, 0.6) is 0 Å². The van der Waals surface area contributed by atoms with Crippen LogP contribution < -0.4 is 0 Å². The Morgan fingerprint density at radius 1 is 1.52 bits per heavy atom. The predicted molar refractivity (Wildman–Crippen MR) is 77.2 cm³/mol. The van der Waals surface area contributed by atoms with Crippen LogP contribution in [0.1, 0.15) is 27.2 Å². The first-order valence-electron chi connectivity index (χ1n) is 7.20. The molecular formula is C16H22N2O3. The lowest BCUT2D eigenvalue weighted by atomic mass is 9.55. The Bertz CT molecular complexity index is 544. The number of ketones is 1. The highest BCUT2D eigenvalue weighted by Crippen LogP contribution is 2.51. The van der Waals surface area contributed by atoms with E-state index in [4.69, 9.17) is 4.74 Å². The predicted octanol–water partition coefficient (Wildman–Crippen LogP) is 1.55. The number of allylic oxidation sites excluding steroid dienone is 1. The quantitative estimate of drug-likeness (QED) is 0.773. The molecule has 0 aromatic rings. The first-order valence-corrected chi connectivity index (χ1v) is 7.20. The van der Waals surface area contributed by atoms with Gasteiger partial charge in [-0.3, -0.25) is 9.59 Å². The third-order valence-electron chi connectivity index (χ3n) is 4.93. The van der Waals surface area contributed by atoms with Gasteiger partial charge in [-0.15, -0.1) is 0 Å². The van der Waals surface area contributed by atoms with E-state index in [2.05, 4.69) is 0 Å². The summed E-state index contributed by atoms with van der Waals surface area (Å²) in [5, 5.41) is 9.22. The normalized spacial score (nSPS) is 31.2. The molecule has 21 heavy (non-hydrogen) atoms. The van der Waals surface area contributed by atoms with E-state index >= 15 is 0 Å². The number of piperidine rings is 1. The molecule has 114 valence electrons. The molecule has 5 heteroatoms. The van der Waals surface area contributed by atoms with E-state index in [1.807, 2.05) is 26.8 Å². The minimum Gasteiger partial charge on any atom is -0.375 e. The smallest absolute Gasteiger partial charge is 0.248 e.